The maximum absolute atomic E-state index is 11.7. The van der Waals surface area contributed by atoms with Gasteiger partial charge < -0.3 is 4.74 Å². The van der Waals surface area contributed by atoms with Crippen LogP contribution in [0.4, 0.5) is 0 Å². The van der Waals surface area contributed by atoms with Gasteiger partial charge in [0.15, 0.2) is 5.78 Å². The Labute approximate surface area is 112 Å². The van der Waals surface area contributed by atoms with Gasteiger partial charge in [0.2, 0.25) is 0 Å². The van der Waals surface area contributed by atoms with Gasteiger partial charge in [0.05, 0.1) is 17.0 Å². The van der Waals surface area contributed by atoms with Crippen LogP contribution in [-0.2, 0) is 9.53 Å². The molecule has 0 bridgehead atoms. The predicted molar refractivity (Wildman–Crippen MR) is 74.3 cm³/mol. The third kappa shape index (κ3) is 4.87. The number of benzene rings is 1. The molecule has 0 fully saturated rings. The van der Waals surface area contributed by atoms with Crippen LogP contribution in [0.2, 0.25) is 0 Å². The van der Waals surface area contributed by atoms with E-state index in [1.807, 2.05) is 6.07 Å². The molecule has 0 unspecified atom stereocenters. The zero-order valence-corrected chi connectivity index (χ0v) is 11.3. The molecule has 0 aliphatic carbocycles. The van der Waals surface area contributed by atoms with Gasteiger partial charge in [0.1, 0.15) is 6.61 Å². The number of allylic oxidation sites excluding steroid dienone is 1. The van der Waals surface area contributed by atoms with Gasteiger partial charge in [-0.05, 0) is 26.0 Å². The Hall–Kier alpha value is -2.23. The van der Waals surface area contributed by atoms with Gasteiger partial charge in [-0.15, -0.1) is 0 Å². The molecule has 4 nitrogen and oxygen atoms in total. The van der Waals surface area contributed by atoms with E-state index in [0.717, 1.165) is 0 Å². The normalized spacial score (nSPS) is 12.2. The Morgan fingerprint density at radius 3 is 2.37 bits per heavy atom. The summed E-state index contributed by atoms with van der Waals surface area (Å²) < 4.78 is 5.14. The zero-order valence-electron chi connectivity index (χ0n) is 11.3. The van der Waals surface area contributed by atoms with Crippen LogP contribution in [0.15, 0.2) is 47.1 Å². The molecule has 0 aliphatic heterocycles. The summed E-state index contributed by atoms with van der Waals surface area (Å²) in [7, 11) is 0. The lowest BCUT2D eigenvalue weighted by atomic mass is 10.2. The van der Waals surface area contributed by atoms with Crippen molar-refractivity contribution in [2.24, 2.45) is 4.99 Å². The van der Waals surface area contributed by atoms with Gasteiger partial charge in [-0.2, -0.15) is 0 Å². The Kier molecular flexibility index (Phi) is 5.67. The smallest absolute Gasteiger partial charge is 0.338 e. The molecule has 0 aromatic heterocycles. The van der Waals surface area contributed by atoms with E-state index in [4.69, 9.17) is 4.74 Å². The molecule has 0 saturated heterocycles. The highest BCUT2D eigenvalue weighted by Crippen LogP contribution is 2.05. The molecule has 0 aliphatic rings. The lowest BCUT2D eigenvalue weighted by Crippen LogP contribution is -2.10. The molecular weight excluding hydrogens is 242 g/mol. The number of hydrogen-bond acceptors (Lipinski definition) is 4. The second-order valence-corrected chi connectivity index (χ2v) is 3.98. The number of ether oxygens (including phenoxy) is 1. The number of Topliss-reactive ketones (excluding diaryl/α,β-unsaturated/α-hetero) is 1. The maximum Gasteiger partial charge on any atom is 0.338 e. The van der Waals surface area contributed by atoms with Crippen LogP contribution in [0, 0.1) is 0 Å². The monoisotopic (exact) mass is 259 g/mol. The highest BCUT2D eigenvalue weighted by atomic mass is 16.5. The van der Waals surface area contributed by atoms with E-state index < -0.39 is 5.97 Å². The molecule has 0 saturated carbocycles. The van der Waals surface area contributed by atoms with Crippen molar-refractivity contribution >= 4 is 17.5 Å². The van der Waals surface area contributed by atoms with Crippen molar-refractivity contribution in [3.05, 3.63) is 47.7 Å². The summed E-state index contributed by atoms with van der Waals surface area (Å²) in [5, 5.41) is 0. The molecule has 0 spiro atoms. The van der Waals surface area contributed by atoms with Crippen molar-refractivity contribution in [1.29, 1.82) is 0 Å². The lowest BCUT2D eigenvalue weighted by Gasteiger charge is -2.05. The number of aliphatic imine (C=N–C) groups is 1. The van der Waals surface area contributed by atoms with E-state index in [2.05, 4.69) is 4.99 Å². The molecule has 1 aromatic carbocycles. The Bertz CT molecular complexity index is 515. The van der Waals surface area contributed by atoms with Gasteiger partial charge in [-0.25, -0.2) is 4.79 Å². The van der Waals surface area contributed by atoms with Gasteiger partial charge in [-0.3, -0.25) is 9.79 Å². The summed E-state index contributed by atoms with van der Waals surface area (Å²) in [5.74, 6) is -0.510. The summed E-state index contributed by atoms with van der Waals surface area (Å²) in [6, 6.07) is 8.73. The number of hydrogen-bond donors (Lipinski definition) is 0. The summed E-state index contributed by atoms with van der Waals surface area (Å²) in [6.45, 7) is 4.91. The van der Waals surface area contributed by atoms with E-state index >= 15 is 0 Å². The number of ketones is 1. The minimum atomic E-state index is -0.407. The molecule has 0 atom stereocenters. The van der Waals surface area contributed by atoms with E-state index in [-0.39, 0.29) is 12.4 Å². The van der Waals surface area contributed by atoms with Crippen molar-refractivity contribution in [1.82, 2.24) is 0 Å². The summed E-state index contributed by atoms with van der Waals surface area (Å²) >= 11 is 0. The van der Waals surface area contributed by atoms with Gasteiger partial charge >= 0.3 is 5.97 Å². The number of carbonyl (C=O) groups is 2. The maximum atomic E-state index is 11.7. The van der Waals surface area contributed by atoms with Crippen LogP contribution in [0.3, 0.4) is 0 Å². The molecule has 4 heteroatoms. The van der Waals surface area contributed by atoms with Crippen molar-refractivity contribution in [2.45, 2.75) is 20.8 Å². The number of nitrogens with zero attached hydrogens (tertiary/aromatic N) is 1. The van der Waals surface area contributed by atoms with E-state index in [9.17, 15) is 9.59 Å². The van der Waals surface area contributed by atoms with Crippen LogP contribution in [0.1, 0.15) is 31.1 Å². The van der Waals surface area contributed by atoms with Crippen molar-refractivity contribution in [2.75, 3.05) is 6.61 Å². The number of carbonyl (C=O) groups excluding carboxylic acids is 2. The fourth-order valence-corrected chi connectivity index (χ4v) is 1.27. The molecule has 0 heterocycles. The first-order valence-corrected chi connectivity index (χ1v) is 5.98. The van der Waals surface area contributed by atoms with E-state index in [1.54, 1.807) is 44.2 Å². The number of esters is 1. The minimum absolute atomic E-state index is 0.0504. The predicted octanol–water partition coefficient (Wildman–Crippen LogP) is 2.80. The highest BCUT2D eigenvalue weighted by Gasteiger charge is 2.07. The average molecular weight is 259 g/mol. The Morgan fingerprint density at radius 2 is 1.84 bits per heavy atom. The first-order valence-electron chi connectivity index (χ1n) is 5.98. The van der Waals surface area contributed by atoms with E-state index in [1.165, 1.54) is 6.92 Å². The fraction of sp³-hybridized carbons (Fsp3) is 0.267. The second-order valence-electron chi connectivity index (χ2n) is 3.98. The molecule has 19 heavy (non-hydrogen) atoms. The standard InChI is InChI=1S/C15H17NO3/c1-4-14(16-11(2)12(3)17)10-19-15(18)13-8-6-5-7-9-13/h4-9H,10H2,1-3H3/b14-4-,16-11+. The first-order chi connectivity index (χ1) is 9.04. The third-order valence-corrected chi connectivity index (χ3v) is 2.51. The molecule has 100 valence electrons. The van der Waals surface area contributed by atoms with Crippen molar-refractivity contribution in [3.8, 4) is 0 Å². The molecule has 0 radical (unpaired) electrons. The van der Waals surface area contributed by atoms with Crippen LogP contribution in [-0.4, -0.2) is 24.1 Å². The quantitative estimate of drug-likeness (QED) is 0.603. The lowest BCUT2D eigenvalue weighted by molar-refractivity contribution is -0.111. The molecule has 0 amide bonds. The average Bonchev–Trinajstić information content (AvgIpc) is 2.43. The van der Waals surface area contributed by atoms with Crippen LogP contribution >= 0.6 is 0 Å². The largest absolute Gasteiger partial charge is 0.456 e. The molecule has 1 aromatic rings. The van der Waals surface area contributed by atoms with Crippen LogP contribution < -0.4 is 0 Å². The summed E-state index contributed by atoms with van der Waals surface area (Å²) in [5.41, 5.74) is 1.44. The van der Waals surface area contributed by atoms with E-state index in [0.29, 0.717) is 17.0 Å². The van der Waals surface area contributed by atoms with Gasteiger partial charge in [-0.1, -0.05) is 24.3 Å². The summed E-state index contributed by atoms with van der Waals surface area (Å²) in [6.07, 6.45) is 1.71. The highest BCUT2D eigenvalue weighted by molar-refractivity contribution is 6.38. The Morgan fingerprint density at radius 1 is 1.21 bits per heavy atom. The molecular formula is C15H17NO3. The zero-order chi connectivity index (χ0) is 14.3. The van der Waals surface area contributed by atoms with Crippen LogP contribution in [0.25, 0.3) is 0 Å². The van der Waals surface area contributed by atoms with Crippen LogP contribution in [0.5, 0.6) is 0 Å². The topological polar surface area (TPSA) is 55.7 Å². The SMILES string of the molecule is C/C=C(COC(=O)c1ccccc1)\N=C(/C)C(C)=O. The summed E-state index contributed by atoms with van der Waals surface area (Å²) in [4.78, 5) is 26.9. The second kappa shape index (κ2) is 7.26. The van der Waals surface area contributed by atoms with Gasteiger partial charge in [0.25, 0.3) is 0 Å². The van der Waals surface area contributed by atoms with Gasteiger partial charge in [0, 0.05) is 6.92 Å². The first kappa shape index (κ1) is 14.8. The molecule has 0 N–H and O–H groups in total. The third-order valence-electron chi connectivity index (χ3n) is 2.51. The fourth-order valence-electron chi connectivity index (χ4n) is 1.27. The van der Waals surface area contributed by atoms with Crippen molar-refractivity contribution in [3.63, 3.8) is 0 Å². The minimum Gasteiger partial charge on any atom is -0.456 e. The van der Waals surface area contributed by atoms with Crippen molar-refractivity contribution < 1.29 is 14.3 Å². The molecule has 1 rings (SSSR count). The Balaban J connectivity index is 2.63. The number of rotatable bonds is 5.